The van der Waals surface area contributed by atoms with Gasteiger partial charge in [0.1, 0.15) is 0 Å². The molecule has 0 aliphatic heterocycles. The van der Waals surface area contributed by atoms with E-state index in [1.807, 2.05) is 92.7 Å². The lowest BCUT2D eigenvalue weighted by Crippen LogP contribution is -2.22. The Labute approximate surface area is 179 Å². The summed E-state index contributed by atoms with van der Waals surface area (Å²) < 4.78 is 5.75. The van der Waals surface area contributed by atoms with Crippen LogP contribution in [0.25, 0.3) is 22.6 Å². The fraction of sp³-hybridized carbons (Fsp3) is 0.125. The summed E-state index contributed by atoms with van der Waals surface area (Å²) in [7, 11) is 0. The zero-order valence-corrected chi connectivity index (χ0v) is 17.5. The number of nitrogens with one attached hydrogen (secondary N) is 1. The molecule has 4 rings (SSSR count). The van der Waals surface area contributed by atoms with Gasteiger partial charge in [0.05, 0.1) is 5.25 Å². The zero-order chi connectivity index (χ0) is 20.9. The van der Waals surface area contributed by atoms with Gasteiger partial charge in [-0.3, -0.25) is 4.79 Å². The fourth-order valence-corrected chi connectivity index (χ4v) is 3.74. The summed E-state index contributed by atoms with van der Waals surface area (Å²) in [6.45, 7) is 3.83. The van der Waals surface area contributed by atoms with Gasteiger partial charge in [-0.1, -0.05) is 78.0 Å². The Morgan fingerprint density at radius 3 is 2.47 bits per heavy atom. The van der Waals surface area contributed by atoms with Crippen LogP contribution in [-0.4, -0.2) is 21.4 Å². The molecule has 150 valence electrons. The number of hydrogen-bond donors (Lipinski definition) is 1. The lowest BCUT2D eigenvalue weighted by Gasteiger charge is -2.14. The SMILES string of the molecule is Cc1cccc(-c2nnc(S[C@@H](C)C(=O)Nc3ccccc3-c3ccccc3)o2)c1. The van der Waals surface area contributed by atoms with Gasteiger partial charge in [-0.15, -0.1) is 10.2 Å². The van der Waals surface area contributed by atoms with E-state index < -0.39 is 5.25 Å². The molecule has 0 aliphatic rings. The molecule has 0 saturated carbocycles. The molecule has 1 heterocycles. The molecule has 3 aromatic carbocycles. The second-order valence-corrected chi connectivity index (χ2v) is 8.20. The maximum absolute atomic E-state index is 12.8. The maximum Gasteiger partial charge on any atom is 0.277 e. The van der Waals surface area contributed by atoms with E-state index in [9.17, 15) is 4.79 Å². The average Bonchev–Trinajstić information content (AvgIpc) is 3.23. The van der Waals surface area contributed by atoms with Gasteiger partial charge >= 0.3 is 0 Å². The first-order valence-corrected chi connectivity index (χ1v) is 10.5. The molecule has 0 saturated heterocycles. The van der Waals surface area contributed by atoms with Crippen molar-refractivity contribution in [3.63, 3.8) is 0 Å². The number of carbonyl (C=O) groups excluding carboxylic acids is 1. The second-order valence-electron chi connectivity index (χ2n) is 6.90. The van der Waals surface area contributed by atoms with Crippen molar-refractivity contribution in [2.24, 2.45) is 0 Å². The number of aromatic nitrogens is 2. The standard InChI is InChI=1S/C24H21N3O2S/c1-16-9-8-12-19(15-16)23-26-27-24(29-23)30-17(2)22(28)25-21-14-7-6-13-20(21)18-10-4-3-5-11-18/h3-15,17H,1-2H3,(H,25,28)/t17-/m0/s1. The molecule has 1 amide bonds. The van der Waals surface area contributed by atoms with Crippen molar-refractivity contribution in [3.8, 4) is 22.6 Å². The van der Waals surface area contributed by atoms with Crippen molar-refractivity contribution in [3.05, 3.63) is 84.4 Å². The van der Waals surface area contributed by atoms with Crippen LogP contribution in [0.4, 0.5) is 5.69 Å². The topological polar surface area (TPSA) is 68.0 Å². The molecule has 0 radical (unpaired) electrons. The van der Waals surface area contributed by atoms with E-state index in [0.29, 0.717) is 11.1 Å². The number of aryl methyl sites for hydroxylation is 1. The van der Waals surface area contributed by atoms with E-state index in [4.69, 9.17) is 4.42 Å². The van der Waals surface area contributed by atoms with Gasteiger partial charge in [-0.05, 0) is 37.6 Å². The molecule has 0 aliphatic carbocycles. The highest BCUT2D eigenvalue weighted by Gasteiger charge is 2.20. The smallest absolute Gasteiger partial charge is 0.277 e. The third-order valence-corrected chi connectivity index (χ3v) is 5.52. The van der Waals surface area contributed by atoms with E-state index >= 15 is 0 Å². The van der Waals surface area contributed by atoms with Crippen LogP contribution in [0, 0.1) is 6.92 Å². The normalized spacial score (nSPS) is 11.8. The zero-order valence-electron chi connectivity index (χ0n) is 16.7. The first-order valence-electron chi connectivity index (χ1n) is 9.62. The lowest BCUT2D eigenvalue weighted by atomic mass is 10.0. The minimum atomic E-state index is -0.403. The number of para-hydroxylation sites is 1. The van der Waals surface area contributed by atoms with E-state index in [-0.39, 0.29) is 5.91 Å². The minimum absolute atomic E-state index is 0.126. The molecule has 0 bridgehead atoms. The van der Waals surface area contributed by atoms with Crippen LogP contribution < -0.4 is 5.32 Å². The van der Waals surface area contributed by atoms with Crippen molar-refractivity contribution in [2.75, 3.05) is 5.32 Å². The monoisotopic (exact) mass is 415 g/mol. The largest absolute Gasteiger partial charge is 0.411 e. The lowest BCUT2D eigenvalue weighted by molar-refractivity contribution is -0.115. The van der Waals surface area contributed by atoms with Crippen LogP contribution in [-0.2, 0) is 4.79 Å². The Morgan fingerprint density at radius 2 is 1.67 bits per heavy atom. The number of rotatable bonds is 6. The van der Waals surface area contributed by atoms with Crippen molar-refractivity contribution in [2.45, 2.75) is 24.3 Å². The van der Waals surface area contributed by atoms with Crippen molar-refractivity contribution in [1.82, 2.24) is 10.2 Å². The Hall–Kier alpha value is -3.38. The number of anilines is 1. The average molecular weight is 416 g/mol. The van der Waals surface area contributed by atoms with Crippen molar-refractivity contribution in [1.29, 1.82) is 0 Å². The van der Waals surface area contributed by atoms with E-state index in [0.717, 1.165) is 27.9 Å². The molecule has 30 heavy (non-hydrogen) atoms. The summed E-state index contributed by atoms with van der Waals surface area (Å²) in [6.07, 6.45) is 0. The summed E-state index contributed by atoms with van der Waals surface area (Å²) in [4.78, 5) is 12.8. The number of amides is 1. The molecule has 4 aromatic rings. The van der Waals surface area contributed by atoms with Crippen LogP contribution in [0.15, 0.2) is 88.5 Å². The first-order chi connectivity index (χ1) is 14.6. The summed E-state index contributed by atoms with van der Waals surface area (Å²) in [6, 6.07) is 25.6. The van der Waals surface area contributed by atoms with Crippen molar-refractivity contribution < 1.29 is 9.21 Å². The summed E-state index contributed by atoms with van der Waals surface area (Å²) in [5.74, 6) is 0.321. The second kappa shape index (κ2) is 8.97. The minimum Gasteiger partial charge on any atom is -0.411 e. The Bertz CT molecular complexity index is 1160. The van der Waals surface area contributed by atoms with Crippen molar-refractivity contribution >= 4 is 23.4 Å². The first kappa shape index (κ1) is 19.9. The van der Waals surface area contributed by atoms with E-state index in [2.05, 4.69) is 15.5 Å². The van der Waals surface area contributed by atoms with Gasteiger partial charge in [0.15, 0.2) is 0 Å². The highest BCUT2D eigenvalue weighted by Crippen LogP contribution is 2.30. The third kappa shape index (κ3) is 4.60. The molecule has 0 fully saturated rings. The van der Waals surface area contributed by atoms with Crippen LogP contribution in [0.3, 0.4) is 0 Å². The predicted molar refractivity (Wildman–Crippen MR) is 120 cm³/mol. The van der Waals surface area contributed by atoms with Gasteiger partial charge in [0, 0.05) is 16.8 Å². The molecule has 6 heteroatoms. The number of nitrogens with zero attached hydrogens (tertiary/aromatic N) is 2. The highest BCUT2D eigenvalue weighted by molar-refractivity contribution is 8.00. The maximum atomic E-state index is 12.8. The van der Waals surface area contributed by atoms with E-state index in [1.165, 1.54) is 11.8 Å². The molecule has 0 spiro atoms. The third-order valence-electron chi connectivity index (χ3n) is 4.59. The summed E-state index contributed by atoms with van der Waals surface area (Å²) in [5, 5.41) is 11.2. The van der Waals surface area contributed by atoms with Gasteiger partial charge in [0.25, 0.3) is 5.22 Å². The van der Waals surface area contributed by atoms with Crippen LogP contribution >= 0.6 is 11.8 Å². The van der Waals surface area contributed by atoms with Gasteiger partial charge < -0.3 is 9.73 Å². The molecule has 1 N–H and O–H groups in total. The van der Waals surface area contributed by atoms with Crippen LogP contribution in [0.2, 0.25) is 0 Å². The molecule has 1 aromatic heterocycles. The molecule has 1 atom stereocenters. The highest BCUT2D eigenvalue weighted by atomic mass is 32.2. The van der Waals surface area contributed by atoms with Gasteiger partial charge in [0.2, 0.25) is 11.8 Å². The molecule has 5 nitrogen and oxygen atoms in total. The van der Waals surface area contributed by atoms with Gasteiger partial charge in [-0.25, -0.2) is 0 Å². The molecule has 0 unspecified atom stereocenters. The fourth-order valence-electron chi connectivity index (χ4n) is 3.05. The molecular formula is C24H21N3O2S. The van der Waals surface area contributed by atoms with E-state index in [1.54, 1.807) is 0 Å². The summed E-state index contributed by atoms with van der Waals surface area (Å²) >= 11 is 1.24. The number of carbonyl (C=O) groups is 1. The Balaban J connectivity index is 1.46. The quantitative estimate of drug-likeness (QED) is 0.401. The predicted octanol–water partition coefficient (Wildman–Crippen LogP) is 5.83. The number of benzene rings is 3. The molecular weight excluding hydrogens is 394 g/mol. The van der Waals surface area contributed by atoms with Crippen LogP contribution in [0.1, 0.15) is 12.5 Å². The number of thioether (sulfide) groups is 1. The van der Waals surface area contributed by atoms with Crippen LogP contribution in [0.5, 0.6) is 0 Å². The summed E-state index contributed by atoms with van der Waals surface area (Å²) in [5.41, 5.74) is 4.77. The number of hydrogen-bond acceptors (Lipinski definition) is 5. The van der Waals surface area contributed by atoms with Gasteiger partial charge in [-0.2, -0.15) is 0 Å². The Kier molecular flexibility index (Phi) is 5.95. The Morgan fingerprint density at radius 1 is 0.933 bits per heavy atom.